The van der Waals surface area contributed by atoms with E-state index in [4.69, 9.17) is 4.74 Å². The van der Waals surface area contributed by atoms with E-state index in [1.807, 2.05) is 27.7 Å². The third-order valence-corrected chi connectivity index (χ3v) is 6.43. The smallest absolute Gasteiger partial charge is 0.339 e. The summed E-state index contributed by atoms with van der Waals surface area (Å²) in [5.74, 6) is -7.62. The minimum Gasteiger partial charge on any atom is -0.544 e. The minimum absolute atomic E-state index is 0.0481. The van der Waals surface area contributed by atoms with Crippen molar-refractivity contribution in [3.05, 3.63) is 29.4 Å². The van der Waals surface area contributed by atoms with Gasteiger partial charge in [-0.1, -0.05) is 41.5 Å². The molecule has 152 valence electrons. The van der Waals surface area contributed by atoms with Gasteiger partial charge in [0.2, 0.25) is 0 Å². The largest absolute Gasteiger partial charge is 0.544 e. The van der Waals surface area contributed by atoms with E-state index in [-0.39, 0.29) is 23.3 Å². The molecule has 0 aliphatic heterocycles. The van der Waals surface area contributed by atoms with Gasteiger partial charge in [0, 0.05) is 7.14 Å². The second kappa shape index (κ2) is 9.32. The molecule has 0 heterocycles. The average molecular weight is 607 g/mol. The van der Waals surface area contributed by atoms with Crippen LogP contribution in [-0.4, -0.2) is 24.5 Å². The molecule has 0 spiro atoms. The number of alkyl halides is 2. The molecular weight excluding hydrogens is 584 g/mol. The SMILES string of the molecule is CC(C)c1c(I)c(C(C)C)c(C(=O)OCC(F)(F)C(=O)[O-])c(C(C)C)c1I. The predicted octanol–water partition coefficient (Wildman–Crippen LogP) is 4.81. The van der Waals surface area contributed by atoms with Crippen LogP contribution in [0.25, 0.3) is 0 Å². The number of carboxylic acids is 1. The first-order chi connectivity index (χ1) is 12.2. The molecule has 0 aliphatic carbocycles. The lowest BCUT2D eigenvalue weighted by atomic mass is 9.84. The third-order valence-electron chi connectivity index (χ3n) is 4.10. The lowest BCUT2D eigenvalue weighted by Gasteiger charge is -2.27. The zero-order valence-corrected chi connectivity index (χ0v) is 20.4. The van der Waals surface area contributed by atoms with Gasteiger partial charge in [0.25, 0.3) is 0 Å². The van der Waals surface area contributed by atoms with Crippen molar-refractivity contribution in [3.8, 4) is 0 Å². The zero-order chi connectivity index (χ0) is 21.3. The normalized spacial score (nSPS) is 12.2. The number of aliphatic carboxylic acids is 1. The van der Waals surface area contributed by atoms with Gasteiger partial charge in [-0.3, -0.25) is 0 Å². The van der Waals surface area contributed by atoms with Crippen LogP contribution in [0.1, 0.15) is 86.3 Å². The molecule has 0 fully saturated rings. The van der Waals surface area contributed by atoms with Crippen molar-refractivity contribution in [3.63, 3.8) is 0 Å². The maximum atomic E-state index is 13.3. The molecule has 0 unspecified atom stereocenters. The molecule has 0 atom stereocenters. The maximum Gasteiger partial charge on any atom is 0.339 e. The van der Waals surface area contributed by atoms with Crippen molar-refractivity contribution in [1.82, 2.24) is 0 Å². The van der Waals surface area contributed by atoms with Crippen molar-refractivity contribution in [1.29, 1.82) is 0 Å². The molecule has 1 aromatic carbocycles. The fourth-order valence-electron chi connectivity index (χ4n) is 2.85. The van der Waals surface area contributed by atoms with Crippen LogP contribution in [0.4, 0.5) is 8.78 Å². The molecule has 0 bridgehead atoms. The fourth-order valence-corrected chi connectivity index (χ4v) is 6.94. The molecule has 0 saturated carbocycles. The summed E-state index contributed by atoms with van der Waals surface area (Å²) < 4.78 is 33.2. The van der Waals surface area contributed by atoms with Gasteiger partial charge in [-0.05, 0) is 79.6 Å². The molecule has 1 aromatic rings. The summed E-state index contributed by atoms with van der Waals surface area (Å²) in [6, 6.07) is 0. The average Bonchev–Trinajstić information content (AvgIpc) is 2.50. The van der Waals surface area contributed by atoms with E-state index < -0.39 is 24.5 Å². The van der Waals surface area contributed by atoms with E-state index in [1.165, 1.54) is 0 Å². The van der Waals surface area contributed by atoms with E-state index in [1.54, 1.807) is 0 Å². The molecule has 0 aromatic heterocycles. The van der Waals surface area contributed by atoms with E-state index >= 15 is 0 Å². The van der Waals surface area contributed by atoms with Crippen LogP contribution in [0.3, 0.4) is 0 Å². The Bertz CT molecular complexity index is 709. The Labute approximate surface area is 185 Å². The lowest BCUT2D eigenvalue weighted by Crippen LogP contribution is -2.45. The number of hydrogen-bond donors (Lipinski definition) is 0. The molecule has 0 radical (unpaired) electrons. The van der Waals surface area contributed by atoms with Gasteiger partial charge in [-0.15, -0.1) is 0 Å². The van der Waals surface area contributed by atoms with Crippen molar-refractivity contribution in [2.24, 2.45) is 0 Å². The Hall–Kier alpha value is -0.520. The number of carbonyl (C=O) groups is 2. The molecular formula is C19H23F2I2O4-. The van der Waals surface area contributed by atoms with Crippen LogP contribution in [0.2, 0.25) is 0 Å². The van der Waals surface area contributed by atoms with Crippen LogP contribution in [0.5, 0.6) is 0 Å². The molecule has 0 amide bonds. The number of rotatable bonds is 7. The van der Waals surface area contributed by atoms with Crippen LogP contribution in [-0.2, 0) is 9.53 Å². The van der Waals surface area contributed by atoms with Crippen molar-refractivity contribution >= 4 is 57.1 Å². The van der Waals surface area contributed by atoms with E-state index in [9.17, 15) is 23.5 Å². The second-order valence-electron chi connectivity index (χ2n) is 7.28. The number of benzene rings is 1. The summed E-state index contributed by atoms with van der Waals surface area (Å²) in [6.07, 6.45) is 0. The summed E-state index contributed by atoms with van der Waals surface area (Å²) in [7, 11) is 0. The Kier molecular flexibility index (Phi) is 8.46. The first-order valence-electron chi connectivity index (χ1n) is 8.54. The molecule has 0 aliphatic rings. The quantitative estimate of drug-likeness (QED) is 0.330. The highest BCUT2D eigenvalue weighted by atomic mass is 127. The number of ether oxygens (including phenoxy) is 1. The topological polar surface area (TPSA) is 66.4 Å². The Balaban J connectivity index is 3.65. The maximum absolute atomic E-state index is 13.3. The molecule has 0 saturated heterocycles. The molecule has 27 heavy (non-hydrogen) atoms. The van der Waals surface area contributed by atoms with Gasteiger partial charge in [0.15, 0.2) is 6.61 Å². The zero-order valence-electron chi connectivity index (χ0n) is 16.1. The second-order valence-corrected chi connectivity index (χ2v) is 9.43. The number of esters is 1. The molecule has 0 N–H and O–H groups in total. The first-order valence-corrected chi connectivity index (χ1v) is 10.7. The number of carbonyl (C=O) groups excluding carboxylic acids is 2. The van der Waals surface area contributed by atoms with Gasteiger partial charge in [0.05, 0.1) is 5.56 Å². The van der Waals surface area contributed by atoms with Gasteiger partial charge in [0.1, 0.15) is 5.97 Å². The minimum atomic E-state index is -4.23. The van der Waals surface area contributed by atoms with Crippen LogP contribution in [0.15, 0.2) is 0 Å². The van der Waals surface area contributed by atoms with Gasteiger partial charge in [-0.25, -0.2) is 4.79 Å². The number of halogens is 4. The van der Waals surface area contributed by atoms with Crippen molar-refractivity contribution < 1.29 is 28.2 Å². The monoisotopic (exact) mass is 607 g/mol. The Morgan fingerprint density at radius 2 is 1.30 bits per heavy atom. The highest BCUT2D eigenvalue weighted by molar-refractivity contribution is 14.1. The Morgan fingerprint density at radius 1 is 0.926 bits per heavy atom. The third kappa shape index (κ3) is 5.30. The van der Waals surface area contributed by atoms with E-state index in [0.29, 0.717) is 0 Å². The number of carboxylic acid groups (broad SMARTS) is 1. The summed E-state index contributed by atoms with van der Waals surface area (Å²) in [4.78, 5) is 23.3. The van der Waals surface area contributed by atoms with Crippen molar-refractivity contribution in [2.45, 2.75) is 65.2 Å². The summed E-state index contributed by atoms with van der Waals surface area (Å²) in [5.41, 5.74) is 2.85. The Morgan fingerprint density at radius 3 is 1.59 bits per heavy atom. The highest BCUT2D eigenvalue weighted by Crippen LogP contribution is 2.41. The lowest BCUT2D eigenvalue weighted by molar-refractivity contribution is -0.331. The summed E-state index contributed by atoms with van der Waals surface area (Å²) >= 11 is 4.37. The molecule has 4 nitrogen and oxygen atoms in total. The molecule has 1 rings (SSSR count). The first kappa shape index (κ1) is 24.5. The number of hydrogen-bond acceptors (Lipinski definition) is 4. The van der Waals surface area contributed by atoms with Gasteiger partial charge < -0.3 is 14.6 Å². The van der Waals surface area contributed by atoms with E-state index in [0.717, 1.165) is 23.8 Å². The van der Waals surface area contributed by atoms with Crippen LogP contribution >= 0.6 is 45.2 Å². The van der Waals surface area contributed by atoms with Crippen LogP contribution < -0.4 is 5.11 Å². The fraction of sp³-hybridized carbons (Fsp3) is 0.579. The van der Waals surface area contributed by atoms with E-state index in [2.05, 4.69) is 59.0 Å². The van der Waals surface area contributed by atoms with Gasteiger partial charge in [-0.2, -0.15) is 8.78 Å². The summed E-state index contributed by atoms with van der Waals surface area (Å²) in [6.45, 7) is 10.3. The standard InChI is InChI=1S/C19H24F2I2O4/c1-8(2)11-14(17(24)27-7-19(20,21)18(25)26)12(9(3)4)16(23)13(10(5)6)15(11)22/h8-10H,7H2,1-6H3,(H,25,26)/p-1. The van der Waals surface area contributed by atoms with Gasteiger partial charge >= 0.3 is 11.9 Å². The summed E-state index contributed by atoms with van der Waals surface area (Å²) in [5, 5.41) is 10.5. The predicted molar refractivity (Wildman–Crippen MR) is 114 cm³/mol. The highest BCUT2D eigenvalue weighted by Gasteiger charge is 2.35. The van der Waals surface area contributed by atoms with Crippen LogP contribution in [0, 0.1) is 7.14 Å². The molecule has 8 heteroatoms. The van der Waals surface area contributed by atoms with Crippen molar-refractivity contribution in [2.75, 3.05) is 6.61 Å².